The summed E-state index contributed by atoms with van der Waals surface area (Å²) in [6, 6.07) is 6.54. The molecule has 7 nitrogen and oxygen atoms in total. The number of nitrogens with one attached hydrogen (secondary N) is 1. The van der Waals surface area contributed by atoms with Crippen molar-refractivity contribution in [2.75, 3.05) is 5.32 Å². The van der Waals surface area contributed by atoms with Gasteiger partial charge in [0.1, 0.15) is 35.2 Å². The maximum Gasteiger partial charge on any atom is 0.289 e. The fraction of sp³-hybridized carbons (Fsp3) is 0.231. The van der Waals surface area contributed by atoms with Crippen LogP contribution in [0.2, 0.25) is 0 Å². The number of hydrogen-bond donors (Lipinski definition) is 1. The minimum Gasteiger partial charge on any atom is -0.464 e. The van der Waals surface area contributed by atoms with Crippen LogP contribution in [0.25, 0.3) is 0 Å². The zero-order valence-corrected chi connectivity index (χ0v) is 11.0. The van der Waals surface area contributed by atoms with Crippen molar-refractivity contribution < 1.29 is 9.34 Å². The van der Waals surface area contributed by atoms with E-state index in [1.165, 1.54) is 6.07 Å². The largest absolute Gasteiger partial charge is 0.464 e. The van der Waals surface area contributed by atoms with Crippen molar-refractivity contribution in [3.8, 4) is 6.07 Å². The second kappa shape index (κ2) is 5.40. The van der Waals surface area contributed by atoms with Gasteiger partial charge in [0.2, 0.25) is 0 Å². The number of aromatic nitrogens is 1. The van der Waals surface area contributed by atoms with Gasteiger partial charge in [-0.3, -0.25) is 10.1 Å². The molecule has 0 radical (unpaired) electrons. The normalized spacial score (nSPS) is 11.7. The molecule has 1 N–H and O–H groups in total. The molecule has 2 aromatic rings. The fourth-order valence-electron chi connectivity index (χ4n) is 1.72. The molecule has 0 aromatic carbocycles. The average Bonchev–Trinajstić information content (AvgIpc) is 2.85. The lowest BCUT2D eigenvalue weighted by molar-refractivity contribution is -0.385. The van der Waals surface area contributed by atoms with E-state index >= 15 is 0 Å². The third kappa shape index (κ3) is 2.75. The number of rotatable bonds is 4. The first kappa shape index (κ1) is 13.5. The third-order valence-electron chi connectivity index (χ3n) is 2.75. The molecule has 0 amide bonds. The van der Waals surface area contributed by atoms with Crippen molar-refractivity contribution in [2.24, 2.45) is 0 Å². The molecular formula is C13H12N4O3. The smallest absolute Gasteiger partial charge is 0.289 e. The van der Waals surface area contributed by atoms with Crippen LogP contribution in [-0.4, -0.2) is 9.91 Å². The molecule has 1 atom stereocenters. The number of aryl methyl sites for hydroxylation is 1. The Labute approximate surface area is 115 Å². The van der Waals surface area contributed by atoms with Gasteiger partial charge in [0.05, 0.1) is 11.0 Å². The molecule has 7 heteroatoms. The average molecular weight is 272 g/mol. The topological polar surface area (TPSA) is 105 Å². The van der Waals surface area contributed by atoms with Crippen LogP contribution >= 0.6 is 0 Å². The zero-order valence-electron chi connectivity index (χ0n) is 11.0. The molecule has 0 spiro atoms. The Kier molecular flexibility index (Phi) is 3.66. The summed E-state index contributed by atoms with van der Waals surface area (Å²) in [7, 11) is 0. The fourth-order valence-corrected chi connectivity index (χ4v) is 1.72. The van der Waals surface area contributed by atoms with Crippen LogP contribution in [0.3, 0.4) is 0 Å². The maximum absolute atomic E-state index is 10.6. The van der Waals surface area contributed by atoms with E-state index in [0.717, 1.165) is 12.0 Å². The van der Waals surface area contributed by atoms with Crippen molar-refractivity contribution in [3.05, 3.63) is 51.6 Å². The highest BCUT2D eigenvalue weighted by Gasteiger charge is 2.16. The van der Waals surface area contributed by atoms with Crippen LogP contribution in [0.15, 0.2) is 28.8 Å². The number of nitrogens with zero attached hydrogens (tertiary/aromatic N) is 3. The van der Waals surface area contributed by atoms with Crippen molar-refractivity contribution in [1.82, 2.24) is 4.98 Å². The standard InChI is InChI=1S/C13H12N4O3/c1-8-3-4-12(20-8)9(2)16-13-10(6-14)5-11(7-15-13)17(18)19/h3-5,7,9H,1-2H3,(H,15,16). The summed E-state index contributed by atoms with van der Waals surface area (Å²) in [4.78, 5) is 14.0. The Morgan fingerprint density at radius 2 is 2.30 bits per heavy atom. The molecule has 0 aliphatic rings. The van der Waals surface area contributed by atoms with Crippen LogP contribution in [0, 0.1) is 28.4 Å². The monoisotopic (exact) mass is 272 g/mol. The van der Waals surface area contributed by atoms with Crippen molar-refractivity contribution in [1.29, 1.82) is 5.26 Å². The minimum absolute atomic E-state index is 0.120. The summed E-state index contributed by atoms with van der Waals surface area (Å²) in [5.41, 5.74) is -0.0945. The Morgan fingerprint density at radius 1 is 1.55 bits per heavy atom. The summed E-state index contributed by atoms with van der Waals surface area (Å²) >= 11 is 0. The zero-order chi connectivity index (χ0) is 14.7. The Balaban J connectivity index is 2.25. The second-order valence-electron chi connectivity index (χ2n) is 4.27. The Bertz CT molecular complexity index is 687. The first-order valence-corrected chi connectivity index (χ1v) is 5.88. The predicted molar refractivity (Wildman–Crippen MR) is 71.1 cm³/mol. The molecule has 0 fully saturated rings. The molecule has 0 saturated heterocycles. The summed E-state index contributed by atoms with van der Waals surface area (Å²) in [5.74, 6) is 1.78. The van der Waals surface area contributed by atoms with Crippen LogP contribution < -0.4 is 5.32 Å². The van der Waals surface area contributed by atoms with E-state index in [1.807, 2.05) is 32.0 Å². The summed E-state index contributed by atoms with van der Waals surface area (Å²) in [5, 5.41) is 22.7. The van der Waals surface area contributed by atoms with Crippen LogP contribution in [0.1, 0.15) is 30.0 Å². The van der Waals surface area contributed by atoms with Crippen LogP contribution in [0.5, 0.6) is 0 Å². The van der Waals surface area contributed by atoms with E-state index in [4.69, 9.17) is 9.68 Å². The van der Waals surface area contributed by atoms with Gasteiger partial charge in [-0.2, -0.15) is 5.26 Å². The van der Waals surface area contributed by atoms with Crippen molar-refractivity contribution in [3.63, 3.8) is 0 Å². The SMILES string of the molecule is Cc1ccc(C(C)Nc2ncc([N+](=O)[O-])cc2C#N)o1. The van der Waals surface area contributed by atoms with Crippen LogP contribution in [-0.2, 0) is 0 Å². The van der Waals surface area contributed by atoms with Gasteiger partial charge in [0.15, 0.2) is 0 Å². The predicted octanol–water partition coefficient (Wildman–Crippen LogP) is 2.94. The molecular weight excluding hydrogens is 260 g/mol. The van der Waals surface area contributed by atoms with Gasteiger partial charge < -0.3 is 9.73 Å². The Hall–Kier alpha value is -2.88. The Morgan fingerprint density at radius 3 is 2.85 bits per heavy atom. The number of pyridine rings is 1. The minimum atomic E-state index is -0.586. The molecule has 0 aliphatic carbocycles. The number of hydrogen-bond acceptors (Lipinski definition) is 6. The summed E-state index contributed by atoms with van der Waals surface area (Å²) < 4.78 is 5.47. The van der Waals surface area contributed by atoms with E-state index in [9.17, 15) is 10.1 Å². The quantitative estimate of drug-likeness (QED) is 0.677. The molecule has 20 heavy (non-hydrogen) atoms. The van der Waals surface area contributed by atoms with Crippen molar-refractivity contribution in [2.45, 2.75) is 19.9 Å². The maximum atomic E-state index is 10.6. The summed E-state index contributed by atoms with van der Waals surface area (Å²) in [6.07, 6.45) is 1.11. The number of nitro groups is 1. The summed E-state index contributed by atoms with van der Waals surface area (Å²) in [6.45, 7) is 3.68. The van der Waals surface area contributed by atoms with E-state index < -0.39 is 4.92 Å². The molecule has 0 bridgehead atoms. The number of anilines is 1. The van der Waals surface area contributed by atoms with E-state index in [-0.39, 0.29) is 17.3 Å². The molecule has 2 heterocycles. The van der Waals surface area contributed by atoms with Crippen molar-refractivity contribution >= 4 is 11.5 Å². The molecule has 2 rings (SSSR count). The van der Waals surface area contributed by atoms with Gasteiger partial charge in [-0.1, -0.05) is 0 Å². The highest BCUT2D eigenvalue weighted by molar-refractivity contribution is 5.56. The third-order valence-corrected chi connectivity index (χ3v) is 2.75. The van der Waals surface area contributed by atoms with Gasteiger partial charge >= 0.3 is 0 Å². The van der Waals surface area contributed by atoms with Crippen LogP contribution in [0.4, 0.5) is 11.5 Å². The highest BCUT2D eigenvalue weighted by atomic mass is 16.6. The highest BCUT2D eigenvalue weighted by Crippen LogP contribution is 2.24. The first-order chi connectivity index (χ1) is 9.51. The molecule has 2 aromatic heterocycles. The second-order valence-corrected chi connectivity index (χ2v) is 4.27. The first-order valence-electron chi connectivity index (χ1n) is 5.88. The van der Waals surface area contributed by atoms with Gasteiger partial charge in [-0.15, -0.1) is 0 Å². The lowest BCUT2D eigenvalue weighted by atomic mass is 10.2. The van der Waals surface area contributed by atoms with Gasteiger partial charge in [-0.05, 0) is 26.0 Å². The van der Waals surface area contributed by atoms with Gasteiger partial charge in [-0.25, -0.2) is 4.98 Å². The van der Waals surface area contributed by atoms with E-state index in [2.05, 4.69) is 10.3 Å². The number of furan rings is 1. The van der Waals surface area contributed by atoms with Gasteiger partial charge in [0, 0.05) is 6.07 Å². The van der Waals surface area contributed by atoms with E-state index in [0.29, 0.717) is 11.6 Å². The van der Waals surface area contributed by atoms with E-state index in [1.54, 1.807) is 0 Å². The lowest BCUT2D eigenvalue weighted by Crippen LogP contribution is -2.09. The van der Waals surface area contributed by atoms with Gasteiger partial charge in [0.25, 0.3) is 5.69 Å². The molecule has 102 valence electrons. The lowest BCUT2D eigenvalue weighted by Gasteiger charge is -2.12. The molecule has 1 unspecified atom stereocenters. The molecule has 0 saturated carbocycles. The number of nitriles is 1. The molecule has 0 aliphatic heterocycles.